The Bertz CT molecular complexity index is 454. The van der Waals surface area contributed by atoms with Gasteiger partial charge >= 0.3 is 0 Å². The van der Waals surface area contributed by atoms with Crippen molar-refractivity contribution < 1.29 is 9.13 Å². The highest BCUT2D eigenvalue weighted by molar-refractivity contribution is 5.37. The second-order valence-electron chi connectivity index (χ2n) is 6.48. The number of nitrogens with one attached hydrogen (secondary N) is 1. The highest BCUT2D eigenvalue weighted by Gasteiger charge is 2.23. The van der Waals surface area contributed by atoms with Crippen molar-refractivity contribution in [2.45, 2.75) is 45.1 Å². The molecule has 2 nitrogen and oxygen atoms in total. The van der Waals surface area contributed by atoms with E-state index in [1.165, 1.54) is 31.7 Å². The SMILES string of the molecule is CC1CCC(CNCC2Cc3cc(F)ccc3O2)CC1. The Morgan fingerprint density at radius 1 is 1.20 bits per heavy atom. The van der Waals surface area contributed by atoms with E-state index in [1.807, 2.05) is 0 Å². The summed E-state index contributed by atoms with van der Waals surface area (Å²) in [5.74, 6) is 2.42. The average Bonchev–Trinajstić information content (AvgIpc) is 2.83. The molecule has 0 radical (unpaired) electrons. The number of hydrogen-bond acceptors (Lipinski definition) is 2. The number of fused-ring (bicyclic) bond motifs is 1. The monoisotopic (exact) mass is 277 g/mol. The van der Waals surface area contributed by atoms with Gasteiger partial charge in [-0.25, -0.2) is 4.39 Å². The molecule has 110 valence electrons. The second-order valence-corrected chi connectivity index (χ2v) is 6.48. The molecule has 1 heterocycles. The van der Waals surface area contributed by atoms with Crippen LogP contribution in [-0.4, -0.2) is 19.2 Å². The third-order valence-electron chi connectivity index (χ3n) is 4.70. The average molecular weight is 277 g/mol. The molecule has 20 heavy (non-hydrogen) atoms. The van der Waals surface area contributed by atoms with Crippen LogP contribution < -0.4 is 10.1 Å². The molecule has 0 spiro atoms. The Hall–Kier alpha value is -1.09. The van der Waals surface area contributed by atoms with E-state index < -0.39 is 0 Å². The fourth-order valence-electron chi connectivity index (χ4n) is 3.38. The van der Waals surface area contributed by atoms with E-state index in [1.54, 1.807) is 12.1 Å². The lowest BCUT2D eigenvalue weighted by Gasteiger charge is -2.26. The van der Waals surface area contributed by atoms with Gasteiger partial charge in [-0.1, -0.05) is 19.8 Å². The smallest absolute Gasteiger partial charge is 0.123 e. The van der Waals surface area contributed by atoms with Crippen molar-refractivity contribution in [2.75, 3.05) is 13.1 Å². The van der Waals surface area contributed by atoms with E-state index in [2.05, 4.69) is 12.2 Å². The van der Waals surface area contributed by atoms with Crippen molar-refractivity contribution in [2.24, 2.45) is 11.8 Å². The zero-order valence-corrected chi connectivity index (χ0v) is 12.2. The number of hydrogen-bond donors (Lipinski definition) is 1. The molecule has 1 N–H and O–H groups in total. The Kier molecular flexibility index (Phi) is 4.25. The molecule has 1 aliphatic carbocycles. The number of rotatable bonds is 4. The summed E-state index contributed by atoms with van der Waals surface area (Å²) < 4.78 is 19.0. The predicted octanol–water partition coefficient (Wildman–Crippen LogP) is 3.55. The van der Waals surface area contributed by atoms with Crippen LogP contribution in [0.1, 0.15) is 38.2 Å². The molecule has 1 aliphatic heterocycles. The molecular formula is C17H24FNO. The molecule has 3 heteroatoms. The first-order chi connectivity index (χ1) is 9.70. The van der Waals surface area contributed by atoms with Crippen LogP contribution in [0.5, 0.6) is 5.75 Å². The van der Waals surface area contributed by atoms with Gasteiger partial charge < -0.3 is 10.1 Å². The summed E-state index contributed by atoms with van der Waals surface area (Å²) in [5.41, 5.74) is 1.00. The second kappa shape index (κ2) is 6.13. The Balaban J connectivity index is 1.40. The van der Waals surface area contributed by atoms with Crippen LogP contribution in [0.4, 0.5) is 4.39 Å². The maximum atomic E-state index is 13.1. The quantitative estimate of drug-likeness (QED) is 0.909. The standard InChI is InChI=1S/C17H24FNO/c1-12-2-4-13(5-3-12)10-19-11-16-9-14-8-15(18)6-7-17(14)20-16/h6-8,12-13,16,19H,2-5,9-11H2,1H3. The van der Waals surface area contributed by atoms with Crippen LogP contribution in [-0.2, 0) is 6.42 Å². The van der Waals surface area contributed by atoms with Crippen molar-refractivity contribution in [1.82, 2.24) is 5.32 Å². The molecule has 3 rings (SSSR count). The lowest BCUT2D eigenvalue weighted by atomic mass is 9.83. The largest absolute Gasteiger partial charge is 0.488 e. The summed E-state index contributed by atoms with van der Waals surface area (Å²) >= 11 is 0. The van der Waals surface area contributed by atoms with Gasteiger partial charge in [0.1, 0.15) is 17.7 Å². The summed E-state index contributed by atoms with van der Waals surface area (Å²) in [7, 11) is 0. The molecule has 0 bridgehead atoms. The topological polar surface area (TPSA) is 21.3 Å². The number of halogens is 1. The molecule has 2 aliphatic rings. The molecule has 1 fully saturated rings. The van der Waals surface area contributed by atoms with Crippen LogP contribution in [0.3, 0.4) is 0 Å². The molecular weight excluding hydrogens is 253 g/mol. The summed E-state index contributed by atoms with van der Waals surface area (Å²) in [5, 5.41) is 3.54. The van der Waals surface area contributed by atoms with Gasteiger partial charge in [-0.05, 0) is 49.4 Å². The Morgan fingerprint density at radius 2 is 2.00 bits per heavy atom. The highest BCUT2D eigenvalue weighted by atomic mass is 19.1. The third kappa shape index (κ3) is 3.32. The lowest BCUT2D eigenvalue weighted by Crippen LogP contribution is -2.34. The first-order valence-electron chi connectivity index (χ1n) is 7.86. The van der Waals surface area contributed by atoms with Gasteiger partial charge in [-0.3, -0.25) is 0 Å². The zero-order chi connectivity index (χ0) is 13.9. The Labute approximate surface area is 120 Å². The third-order valence-corrected chi connectivity index (χ3v) is 4.70. The van der Waals surface area contributed by atoms with Crippen LogP contribution >= 0.6 is 0 Å². The molecule has 0 aromatic heterocycles. The molecule has 0 amide bonds. The molecule has 1 aromatic rings. The van der Waals surface area contributed by atoms with E-state index in [9.17, 15) is 4.39 Å². The number of benzene rings is 1. The van der Waals surface area contributed by atoms with E-state index in [4.69, 9.17) is 4.74 Å². The fraction of sp³-hybridized carbons (Fsp3) is 0.647. The molecule has 0 saturated heterocycles. The molecule has 1 saturated carbocycles. The maximum absolute atomic E-state index is 13.1. The van der Waals surface area contributed by atoms with Crippen molar-refractivity contribution >= 4 is 0 Å². The van der Waals surface area contributed by atoms with E-state index >= 15 is 0 Å². The minimum atomic E-state index is -0.169. The normalized spacial score (nSPS) is 29.0. The number of ether oxygens (including phenoxy) is 1. The van der Waals surface area contributed by atoms with Crippen molar-refractivity contribution in [1.29, 1.82) is 0 Å². The summed E-state index contributed by atoms with van der Waals surface area (Å²) in [6.45, 7) is 4.31. The highest BCUT2D eigenvalue weighted by Crippen LogP contribution is 2.30. The van der Waals surface area contributed by atoms with Gasteiger partial charge in [0, 0.05) is 18.5 Å². The molecule has 1 atom stereocenters. The first-order valence-corrected chi connectivity index (χ1v) is 7.86. The maximum Gasteiger partial charge on any atom is 0.123 e. The molecule has 1 aromatic carbocycles. The summed E-state index contributed by atoms with van der Waals surface area (Å²) in [6, 6.07) is 4.81. The minimum absolute atomic E-state index is 0.161. The first kappa shape index (κ1) is 13.9. The van der Waals surface area contributed by atoms with Gasteiger partial charge in [-0.2, -0.15) is 0 Å². The fourth-order valence-corrected chi connectivity index (χ4v) is 3.38. The van der Waals surface area contributed by atoms with Gasteiger partial charge in [0.2, 0.25) is 0 Å². The predicted molar refractivity (Wildman–Crippen MR) is 78.5 cm³/mol. The summed E-state index contributed by atoms with van der Waals surface area (Å²) in [4.78, 5) is 0. The summed E-state index contributed by atoms with van der Waals surface area (Å²) in [6.07, 6.45) is 6.43. The zero-order valence-electron chi connectivity index (χ0n) is 12.2. The van der Waals surface area contributed by atoms with Gasteiger partial charge in [0.25, 0.3) is 0 Å². The minimum Gasteiger partial charge on any atom is -0.488 e. The van der Waals surface area contributed by atoms with E-state index in [-0.39, 0.29) is 11.9 Å². The van der Waals surface area contributed by atoms with Crippen LogP contribution in [0.15, 0.2) is 18.2 Å². The van der Waals surface area contributed by atoms with Crippen LogP contribution in [0, 0.1) is 17.7 Å². The van der Waals surface area contributed by atoms with Crippen molar-refractivity contribution in [3.05, 3.63) is 29.6 Å². The van der Waals surface area contributed by atoms with Crippen molar-refractivity contribution in [3.63, 3.8) is 0 Å². The van der Waals surface area contributed by atoms with Gasteiger partial charge in [0.15, 0.2) is 0 Å². The van der Waals surface area contributed by atoms with Crippen LogP contribution in [0.2, 0.25) is 0 Å². The Morgan fingerprint density at radius 3 is 2.80 bits per heavy atom. The van der Waals surface area contributed by atoms with E-state index in [0.29, 0.717) is 0 Å². The molecule has 1 unspecified atom stereocenters. The van der Waals surface area contributed by atoms with Gasteiger partial charge in [0.05, 0.1) is 0 Å². The van der Waals surface area contributed by atoms with Crippen molar-refractivity contribution in [3.8, 4) is 5.75 Å². The van der Waals surface area contributed by atoms with Crippen LogP contribution in [0.25, 0.3) is 0 Å². The lowest BCUT2D eigenvalue weighted by molar-refractivity contribution is 0.216. The van der Waals surface area contributed by atoms with Gasteiger partial charge in [-0.15, -0.1) is 0 Å². The van der Waals surface area contributed by atoms with E-state index in [0.717, 1.165) is 42.7 Å².